The SMILES string of the molecule is COC(=O)[C@H]1CNCC[C@H]1NC(=O)OCc1ccccc1. The zero-order chi connectivity index (χ0) is 15.1. The van der Waals surface area contributed by atoms with Crippen LogP contribution in [0.15, 0.2) is 30.3 Å². The van der Waals surface area contributed by atoms with Crippen LogP contribution in [0.5, 0.6) is 0 Å². The molecule has 0 radical (unpaired) electrons. The van der Waals surface area contributed by atoms with Gasteiger partial charge in [0.25, 0.3) is 0 Å². The van der Waals surface area contributed by atoms with Crippen LogP contribution >= 0.6 is 0 Å². The molecule has 1 saturated heterocycles. The van der Waals surface area contributed by atoms with E-state index in [1.54, 1.807) is 0 Å². The lowest BCUT2D eigenvalue weighted by Gasteiger charge is -2.30. The summed E-state index contributed by atoms with van der Waals surface area (Å²) in [5, 5.41) is 5.87. The lowest BCUT2D eigenvalue weighted by Crippen LogP contribution is -2.52. The Morgan fingerprint density at radius 2 is 2.10 bits per heavy atom. The second-order valence-corrected chi connectivity index (χ2v) is 4.94. The van der Waals surface area contributed by atoms with Crippen molar-refractivity contribution < 1.29 is 19.1 Å². The Balaban J connectivity index is 1.84. The number of rotatable bonds is 4. The first-order chi connectivity index (χ1) is 10.2. The molecule has 2 atom stereocenters. The topological polar surface area (TPSA) is 76.7 Å². The predicted octanol–water partition coefficient (Wildman–Crippen LogP) is 1.06. The summed E-state index contributed by atoms with van der Waals surface area (Å²) < 4.78 is 9.93. The summed E-state index contributed by atoms with van der Waals surface area (Å²) in [5.74, 6) is -0.705. The number of methoxy groups -OCH3 is 1. The number of hydrogen-bond acceptors (Lipinski definition) is 5. The number of alkyl carbamates (subject to hydrolysis) is 1. The van der Waals surface area contributed by atoms with E-state index in [1.807, 2.05) is 30.3 Å². The quantitative estimate of drug-likeness (QED) is 0.812. The summed E-state index contributed by atoms with van der Waals surface area (Å²) in [6.07, 6.45) is 0.153. The normalized spacial score (nSPS) is 21.4. The van der Waals surface area contributed by atoms with E-state index < -0.39 is 6.09 Å². The van der Waals surface area contributed by atoms with E-state index in [-0.39, 0.29) is 24.5 Å². The second-order valence-electron chi connectivity index (χ2n) is 4.94. The van der Waals surface area contributed by atoms with Crippen LogP contribution in [0.1, 0.15) is 12.0 Å². The first kappa shape index (κ1) is 15.3. The molecular formula is C15H20N2O4. The van der Waals surface area contributed by atoms with E-state index in [9.17, 15) is 9.59 Å². The van der Waals surface area contributed by atoms with Gasteiger partial charge in [-0.2, -0.15) is 0 Å². The maximum atomic E-state index is 11.8. The van der Waals surface area contributed by atoms with Crippen LogP contribution < -0.4 is 10.6 Å². The maximum absolute atomic E-state index is 11.8. The van der Waals surface area contributed by atoms with Gasteiger partial charge >= 0.3 is 12.1 Å². The van der Waals surface area contributed by atoms with Crippen molar-refractivity contribution in [3.8, 4) is 0 Å². The Morgan fingerprint density at radius 3 is 2.81 bits per heavy atom. The van der Waals surface area contributed by atoms with Crippen molar-refractivity contribution >= 4 is 12.1 Å². The molecule has 1 amide bonds. The van der Waals surface area contributed by atoms with Crippen LogP contribution in [0, 0.1) is 5.92 Å². The fraction of sp³-hybridized carbons (Fsp3) is 0.467. The van der Waals surface area contributed by atoms with Crippen molar-refractivity contribution in [2.45, 2.75) is 19.1 Å². The number of carbonyl (C=O) groups excluding carboxylic acids is 2. The highest BCUT2D eigenvalue weighted by atomic mass is 16.5. The van der Waals surface area contributed by atoms with Crippen LogP contribution in [0.3, 0.4) is 0 Å². The Labute approximate surface area is 123 Å². The van der Waals surface area contributed by atoms with Gasteiger partial charge in [-0.15, -0.1) is 0 Å². The molecule has 1 heterocycles. The van der Waals surface area contributed by atoms with Crippen molar-refractivity contribution in [3.05, 3.63) is 35.9 Å². The van der Waals surface area contributed by atoms with Gasteiger partial charge in [0.05, 0.1) is 13.0 Å². The molecule has 6 nitrogen and oxygen atoms in total. The molecule has 0 aliphatic carbocycles. The number of amides is 1. The van der Waals surface area contributed by atoms with Crippen molar-refractivity contribution in [2.75, 3.05) is 20.2 Å². The van der Waals surface area contributed by atoms with Crippen LogP contribution in [0.4, 0.5) is 4.79 Å². The van der Waals surface area contributed by atoms with Gasteiger partial charge < -0.3 is 20.1 Å². The summed E-state index contributed by atoms with van der Waals surface area (Å²) in [6.45, 7) is 1.45. The first-order valence-electron chi connectivity index (χ1n) is 6.96. The van der Waals surface area contributed by atoms with Gasteiger partial charge in [-0.05, 0) is 18.5 Å². The fourth-order valence-corrected chi connectivity index (χ4v) is 2.35. The molecule has 0 bridgehead atoms. The first-order valence-corrected chi connectivity index (χ1v) is 6.96. The molecule has 114 valence electrons. The second kappa shape index (κ2) is 7.64. The Morgan fingerprint density at radius 1 is 1.33 bits per heavy atom. The van der Waals surface area contributed by atoms with Crippen LogP contribution in [0.2, 0.25) is 0 Å². The van der Waals surface area contributed by atoms with E-state index in [4.69, 9.17) is 9.47 Å². The molecule has 1 aromatic rings. The molecule has 2 rings (SSSR count). The molecule has 1 aliphatic rings. The summed E-state index contributed by atoms with van der Waals surface area (Å²) >= 11 is 0. The molecule has 2 N–H and O–H groups in total. The number of nitrogens with one attached hydrogen (secondary N) is 2. The third kappa shape index (κ3) is 4.46. The van der Waals surface area contributed by atoms with E-state index in [0.717, 1.165) is 12.1 Å². The monoisotopic (exact) mass is 292 g/mol. The van der Waals surface area contributed by atoms with Crippen molar-refractivity contribution in [2.24, 2.45) is 5.92 Å². The van der Waals surface area contributed by atoms with Gasteiger partial charge in [0, 0.05) is 12.6 Å². The van der Waals surface area contributed by atoms with Gasteiger partial charge in [-0.1, -0.05) is 30.3 Å². The number of carbonyl (C=O) groups is 2. The molecule has 1 fully saturated rings. The lowest BCUT2D eigenvalue weighted by atomic mass is 9.93. The summed E-state index contributed by atoms with van der Waals surface area (Å²) in [4.78, 5) is 23.5. The molecule has 21 heavy (non-hydrogen) atoms. The number of piperidine rings is 1. The van der Waals surface area contributed by atoms with Gasteiger partial charge in [-0.3, -0.25) is 4.79 Å². The molecule has 6 heteroatoms. The van der Waals surface area contributed by atoms with Crippen LogP contribution in [0.25, 0.3) is 0 Å². The van der Waals surface area contributed by atoms with E-state index >= 15 is 0 Å². The third-order valence-corrected chi connectivity index (χ3v) is 3.50. The summed E-state index contributed by atoms with van der Waals surface area (Å²) in [6, 6.07) is 9.18. The Bertz CT molecular complexity index is 478. The van der Waals surface area contributed by atoms with Gasteiger partial charge in [0.2, 0.25) is 0 Å². The minimum atomic E-state index is -0.514. The highest BCUT2D eigenvalue weighted by Gasteiger charge is 2.33. The third-order valence-electron chi connectivity index (χ3n) is 3.50. The summed E-state index contributed by atoms with van der Waals surface area (Å²) in [7, 11) is 1.35. The number of ether oxygens (including phenoxy) is 2. The van der Waals surface area contributed by atoms with E-state index in [1.165, 1.54) is 7.11 Å². The Hall–Kier alpha value is -2.08. The molecule has 0 unspecified atom stereocenters. The van der Waals surface area contributed by atoms with Gasteiger partial charge in [-0.25, -0.2) is 4.79 Å². The smallest absolute Gasteiger partial charge is 0.407 e. The number of hydrogen-bond donors (Lipinski definition) is 2. The standard InChI is InChI=1S/C15H20N2O4/c1-20-14(18)12-9-16-8-7-13(12)17-15(19)21-10-11-5-3-2-4-6-11/h2-6,12-13,16H,7-10H2,1H3,(H,17,19)/t12-,13+/m0/s1. The van der Waals surface area contributed by atoms with Crippen molar-refractivity contribution in [1.29, 1.82) is 0 Å². The Kier molecular flexibility index (Phi) is 5.57. The van der Waals surface area contributed by atoms with Gasteiger partial charge in [0.15, 0.2) is 0 Å². The van der Waals surface area contributed by atoms with E-state index in [0.29, 0.717) is 13.0 Å². The summed E-state index contributed by atoms with van der Waals surface area (Å²) in [5.41, 5.74) is 0.919. The average Bonchev–Trinajstić information content (AvgIpc) is 2.54. The molecule has 1 aromatic carbocycles. The zero-order valence-corrected chi connectivity index (χ0v) is 12.0. The van der Waals surface area contributed by atoms with Crippen LogP contribution in [-0.4, -0.2) is 38.3 Å². The minimum Gasteiger partial charge on any atom is -0.469 e. The highest BCUT2D eigenvalue weighted by molar-refractivity contribution is 5.75. The highest BCUT2D eigenvalue weighted by Crippen LogP contribution is 2.13. The predicted molar refractivity (Wildman–Crippen MR) is 76.5 cm³/mol. The zero-order valence-electron chi connectivity index (χ0n) is 12.0. The number of benzene rings is 1. The van der Waals surface area contributed by atoms with Crippen molar-refractivity contribution in [3.63, 3.8) is 0 Å². The maximum Gasteiger partial charge on any atom is 0.407 e. The lowest BCUT2D eigenvalue weighted by molar-refractivity contribution is -0.146. The molecule has 0 saturated carbocycles. The van der Waals surface area contributed by atoms with Gasteiger partial charge in [0.1, 0.15) is 6.61 Å². The molecule has 0 spiro atoms. The fourth-order valence-electron chi connectivity index (χ4n) is 2.35. The average molecular weight is 292 g/mol. The van der Waals surface area contributed by atoms with E-state index in [2.05, 4.69) is 10.6 Å². The molecular weight excluding hydrogens is 272 g/mol. The van der Waals surface area contributed by atoms with Crippen molar-refractivity contribution in [1.82, 2.24) is 10.6 Å². The number of esters is 1. The molecule has 0 aromatic heterocycles. The molecule has 1 aliphatic heterocycles. The van der Waals surface area contributed by atoms with Crippen LogP contribution in [-0.2, 0) is 20.9 Å². The minimum absolute atomic E-state index is 0.209. The largest absolute Gasteiger partial charge is 0.469 e.